The fourth-order valence-corrected chi connectivity index (χ4v) is 3.27. The summed E-state index contributed by atoms with van der Waals surface area (Å²) in [6, 6.07) is 7.28. The molecule has 0 aliphatic heterocycles. The Balaban J connectivity index is 1.83. The molecule has 0 radical (unpaired) electrons. The van der Waals surface area contributed by atoms with E-state index >= 15 is 0 Å². The van der Waals surface area contributed by atoms with Crippen molar-refractivity contribution >= 4 is 11.9 Å². The molecule has 120 valence electrons. The van der Waals surface area contributed by atoms with Gasteiger partial charge >= 0.3 is 11.9 Å². The highest BCUT2D eigenvalue weighted by molar-refractivity contribution is 5.87. The van der Waals surface area contributed by atoms with Crippen molar-refractivity contribution in [3.8, 4) is 0 Å². The molecule has 0 bridgehead atoms. The van der Waals surface area contributed by atoms with Gasteiger partial charge in [0.05, 0.1) is 12.2 Å². The van der Waals surface area contributed by atoms with Gasteiger partial charge in [0.2, 0.25) is 0 Å². The molecule has 1 saturated carbocycles. The van der Waals surface area contributed by atoms with Crippen LogP contribution in [0.4, 0.5) is 0 Å². The van der Waals surface area contributed by atoms with Crippen LogP contribution in [0, 0.1) is 5.92 Å². The quantitative estimate of drug-likeness (QED) is 0.807. The van der Waals surface area contributed by atoms with Crippen molar-refractivity contribution in [3.63, 3.8) is 0 Å². The third-order valence-electron chi connectivity index (χ3n) is 4.51. The van der Waals surface area contributed by atoms with Gasteiger partial charge in [0, 0.05) is 6.42 Å². The fraction of sp³-hybridized carbons (Fsp3) is 0.556. The Morgan fingerprint density at radius 3 is 2.59 bits per heavy atom. The van der Waals surface area contributed by atoms with Crippen LogP contribution in [0.25, 0.3) is 0 Å². The number of hydrogen-bond acceptors (Lipinski definition) is 3. The molecule has 0 spiro atoms. The average Bonchev–Trinajstić information content (AvgIpc) is 2.54. The van der Waals surface area contributed by atoms with Crippen LogP contribution in [-0.2, 0) is 9.53 Å². The van der Waals surface area contributed by atoms with Crippen LogP contribution in [0.2, 0.25) is 0 Å². The second-order valence-corrected chi connectivity index (χ2v) is 5.99. The maximum absolute atomic E-state index is 11.4. The fourth-order valence-electron chi connectivity index (χ4n) is 3.27. The zero-order chi connectivity index (χ0) is 15.9. The standard InChI is InChI=1S/C18H24O4/c1-2-22-17(19)11-8-13-6-9-14(10-7-13)15-4-3-5-16(12-15)18(20)21/h3-5,12-14H,2,6-11H2,1H3,(H,20,21). The topological polar surface area (TPSA) is 63.6 Å². The van der Waals surface area contributed by atoms with E-state index in [0.717, 1.165) is 37.7 Å². The second-order valence-electron chi connectivity index (χ2n) is 5.99. The highest BCUT2D eigenvalue weighted by Gasteiger charge is 2.23. The number of rotatable bonds is 6. The Morgan fingerprint density at radius 2 is 1.95 bits per heavy atom. The van der Waals surface area contributed by atoms with Gasteiger partial charge in [-0.1, -0.05) is 12.1 Å². The molecule has 1 fully saturated rings. The van der Waals surface area contributed by atoms with Crippen LogP contribution in [0.3, 0.4) is 0 Å². The first-order chi connectivity index (χ1) is 10.6. The molecule has 4 nitrogen and oxygen atoms in total. The molecule has 1 aliphatic carbocycles. The molecule has 1 aliphatic rings. The van der Waals surface area contributed by atoms with E-state index in [1.165, 1.54) is 0 Å². The van der Waals surface area contributed by atoms with Crippen molar-refractivity contribution in [2.24, 2.45) is 5.92 Å². The highest BCUT2D eigenvalue weighted by atomic mass is 16.5. The summed E-state index contributed by atoms with van der Waals surface area (Å²) in [5.41, 5.74) is 1.49. The van der Waals surface area contributed by atoms with Gasteiger partial charge in [0.1, 0.15) is 0 Å². The zero-order valence-electron chi connectivity index (χ0n) is 13.1. The van der Waals surface area contributed by atoms with Gasteiger partial charge in [0.15, 0.2) is 0 Å². The Kier molecular flexibility index (Phi) is 5.99. The molecular formula is C18H24O4. The van der Waals surface area contributed by atoms with E-state index in [4.69, 9.17) is 9.84 Å². The lowest BCUT2D eigenvalue weighted by Crippen LogP contribution is -2.15. The van der Waals surface area contributed by atoms with E-state index in [2.05, 4.69) is 0 Å². The molecule has 1 N–H and O–H groups in total. The Labute approximate surface area is 131 Å². The molecule has 2 rings (SSSR count). The number of carboxylic acid groups (broad SMARTS) is 1. The summed E-state index contributed by atoms with van der Waals surface area (Å²) < 4.78 is 4.96. The molecule has 0 aromatic heterocycles. The molecule has 1 aromatic carbocycles. The smallest absolute Gasteiger partial charge is 0.335 e. The summed E-state index contributed by atoms with van der Waals surface area (Å²) in [7, 11) is 0. The monoisotopic (exact) mass is 304 g/mol. The highest BCUT2D eigenvalue weighted by Crippen LogP contribution is 2.37. The molecular weight excluding hydrogens is 280 g/mol. The minimum absolute atomic E-state index is 0.0983. The van der Waals surface area contributed by atoms with Gasteiger partial charge in [-0.05, 0) is 68.6 Å². The third kappa shape index (κ3) is 4.58. The van der Waals surface area contributed by atoms with Crippen LogP contribution < -0.4 is 0 Å². The van der Waals surface area contributed by atoms with Crippen molar-refractivity contribution in [2.45, 2.75) is 51.4 Å². The van der Waals surface area contributed by atoms with E-state index in [1.54, 1.807) is 12.1 Å². The lowest BCUT2D eigenvalue weighted by molar-refractivity contribution is -0.143. The molecule has 0 heterocycles. The van der Waals surface area contributed by atoms with Crippen LogP contribution in [0.15, 0.2) is 24.3 Å². The maximum Gasteiger partial charge on any atom is 0.335 e. The lowest BCUT2D eigenvalue weighted by Gasteiger charge is -2.28. The number of ether oxygens (including phenoxy) is 1. The largest absolute Gasteiger partial charge is 0.478 e. The molecule has 22 heavy (non-hydrogen) atoms. The number of aromatic carboxylic acids is 1. The number of hydrogen-bond donors (Lipinski definition) is 1. The van der Waals surface area contributed by atoms with Crippen LogP contribution in [0.5, 0.6) is 0 Å². The van der Waals surface area contributed by atoms with E-state index < -0.39 is 5.97 Å². The summed E-state index contributed by atoms with van der Waals surface area (Å²) in [6.45, 7) is 2.28. The first-order valence-corrected chi connectivity index (χ1v) is 8.09. The SMILES string of the molecule is CCOC(=O)CCC1CCC(c2cccc(C(=O)O)c2)CC1. The Morgan fingerprint density at radius 1 is 1.23 bits per heavy atom. The predicted molar refractivity (Wildman–Crippen MR) is 84.0 cm³/mol. The molecule has 1 aromatic rings. The number of benzene rings is 1. The molecule has 0 amide bonds. The molecule has 0 atom stereocenters. The van der Waals surface area contributed by atoms with E-state index in [1.807, 2.05) is 19.1 Å². The van der Waals surface area contributed by atoms with Gasteiger partial charge in [-0.3, -0.25) is 4.79 Å². The first-order valence-electron chi connectivity index (χ1n) is 8.09. The summed E-state index contributed by atoms with van der Waals surface area (Å²) in [5, 5.41) is 9.07. The lowest BCUT2D eigenvalue weighted by atomic mass is 9.77. The van der Waals surface area contributed by atoms with Gasteiger partial charge in [-0.2, -0.15) is 0 Å². The third-order valence-corrected chi connectivity index (χ3v) is 4.51. The van der Waals surface area contributed by atoms with Gasteiger partial charge in [-0.15, -0.1) is 0 Å². The minimum atomic E-state index is -0.870. The van der Waals surface area contributed by atoms with Crippen LogP contribution in [-0.4, -0.2) is 23.7 Å². The van der Waals surface area contributed by atoms with E-state index in [0.29, 0.717) is 30.4 Å². The molecule has 4 heteroatoms. The van der Waals surface area contributed by atoms with Crippen molar-refractivity contribution in [1.29, 1.82) is 0 Å². The Bertz CT molecular complexity index is 516. The van der Waals surface area contributed by atoms with E-state index in [9.17, 15) is 9.59 Å². The van der Waals surface area contributed by atoms with Crippen molar-refractivity contribution < 1.29 is 19.4 Å². The van der Waals surface area contributed by atoms with E-state index in [-0.39, 0.29) is 5.97 Å². The normalized spacial score (nSPS) is 21.3. The maximum atomic E-state index is 11.4. The molecule has 0 saturated heterocycles. The van der Waals surface area contributed by atoms with Gasteiger partial charge < -0.3 is 9.84 Å². The number of carbonyl (C=O) groups is 2. The number of esters is 1. The van der Waals surface area contributed by atoms with Crippen LogP contribution >= 0.6 is 0 Å². The Hall–Kier alpha value is -1.84. The zero-order valence-corrected chi connectivity index (χ0v) is 13.1. The summed E-state index contributed by atoms with van der Waals surface area (Å²) in [4.78, 5) is 22.4. The number of carboxylic acids is 1. The summed E-state index contributed by atoms with van der Waals surface area (Å²) >= 11 is 0. The molecule has 0 unspecified atom stereocenters. The second kappa shape index (κ2) is 7.97. The number of carbonyl (C=O) groups excluding carboxylic acids is 1. The van der Waals surface area contributed by atoms with Gasteiger partial charge in [-0.25, -0.2) is 4.79 Å². The summed E-state index contributed by atoms with van der Waals surface area (Å²) in [5.74, 6) is 0.0604. The van der Waals surface area contributed by atoms with Crippen LogP contribution in [0.1, 0.15) is 67.3 Å². The average molecular weight is 304 g/mol. The van der Waals surface area contributed by atoms with Crippen molar-refractivity contribution in [2.75, 3.05) is 6.61 Å². The minimum Gasteiger partial charge on any atom is -0.478 e. The first kappa shape index (κ1) is 16.5. The van der Waals surface area contributed by atoms with Gasteiger partial charge in [0.25, 0.3) is 0 Å². The summed E-state index contributed by atoms with van der Waals surface area (Å²) in [6.07, 6.45) is 5.74. The van der Waals surface area contributed by atoms with Crippen molar-refractivity contribution in [1.82, 2.24) is 0 Å². The van der Waals surface area contributed by atoms with Crippen molar-refractivity contribution in [3.05, 3.63) is 35.4 Å². The predicted octanol–water partition coefficient (Wildman–Crippen LogP) is 4.00.